The van der Waals surface area contributed by atoms with E-state index in [0.29, 0.717) is 36.3 Å². The number of benzene rings is 2. The highest BCUT2D eigenvalue weighted by Gasteiger charge is 2.44. The van der Waals surface area contributed by atoms with Crippen LogP contribution in [0.2, 0.25) is 5.02 Å². The summed E-state index contributed by atoms with van der Waals surface area (Å²) in [4.78, 5) is 32.8. The number of carbonyl (C=O) groups excluding carboxylic acids is 2. The molecule has 2 fully saturated rings. The number of halogens is 1. The topological polar surface area (TPSA) is 111 Å². The van der Waals surface area contributed by atoms with E-state index in [4.69, 9.17) is 16.3 Å². The Bertz CT molecular complexity index is 1840. The van der Waals surface area contributed by atoms with Gasteiger partial charge in [0.1, 0.15) is 5.75 Å². The van der Waals surface area contributed by atoms with Crippen molar-refractivity contribution in [1.29, 1.82) is 0 Å². The average Bonchev–Trinajstić information content (AvgIpc) is 3.28. The highest BCUT2D eigenvalue weighted by atomic mass is 35.5. The molecular formula is C42H58ClN5O5S. The van der Waals surface area contributed by atoms with Crippen LogP contribution < -0.4 is 19.7 Å². The molecule has 3 heterocycles. The molecule has 2 N–H and O–H groups in total. The smallest absolute Gasteiger partial charge is 0.264 e. The Morgan fingerprint density at radius 3 is 2.67 bits per heavy atom. The molecule has 5 aliphatic rings. The van der Waals surface area contributed by atoms with Crippen molar-refractivity contribution in [2.75, 3.05) is 70.4 Å². The first-order valence-corrected chi connectivity index (χ1v) is 22.1. The van der Waals surface area contributed by atoms with Crippen molar-refractivity contribution in [3.63, 3.8) is 0 Å². The van der Waals surface area contributed by atoms with E-state index in [1.807, 2.05) is 30.0 Å². The van der Waals surface area contributed by atoms with Crippen LogP contribution in [0.15, 0.2) is 48.6 Å². The van der Waals surface area contributed by atoms with Crippen molar-refractivity contribution in [2.45, 2.75) is 76.4 Å². The number of nitrogens with zero attached hydrogens (tertiary/aromatic N) is 3. The number of amides is 2. The molecule has 1 spiro atoms. The third kappa shape index (κ3) is 8.49. The zero-order valence-electron chi connectivity index (χ0n) is 32.2. The summed E-state index contributed by atoms with van der Waals surface area (Å²) in [7, 11) is -3.94. The van der Waals surface area contributed by atoms with E-state index < -0.39 is 21.2 Å². The first-order chi connectivity index (χ1) is 25.9. The normalized spacial score (nSPS) is 31.5. The number of aryl methyl sites for hydroxylation is 1. The Morgan fingerprint density at radius 1 is 1.04 bits per heavy atom. The SMILES string of the molecule is CC(=O)N1CCCN(CC2/C=C/C[C@H](C)[C@@H](C)S(=O)(=O)NC(=O)c3ccc4c(c3)N(C[C@@H]3CC[C@@H]23)C[C@@]2(CCCc3cc(Cl)ccc32)CO4)CCNCC1. The Labute approximate surface area is 327 Å². The zero-order chi connectivity index (χ0) is 38.0. The number of rotatable bonds is 2. The molecule has 2 amide bonds. The van der Waals surface area contributed by atoms with Crippen LogP contribution in [0.3, 0.4) is 0 Å². The summed E-state index contributed by atoms with van der Waals surface area (Å²) in [5.74, 6) is 1.24. The number of hydrogen-bond acceptors (Lipinski definition) is 8. The van der Waals surface area contributed by atoms with Crippen molar-refractivity contribution < 1.29 is 22.7 Å². The van der Waals surface area contributed by atoms with Gasteiger partial charge in [0.15, 0.2) is 0 Å². The van der Waals surface area contributed by atoms with Crippen molar-refractivity contribution >= 4 is 39.1 Å². The zero-order valence-corrected chi connectivity index (χ0v) is 33.8. The van der Waals surface area contributed by atoms with Gasteiger partial charge < -0.3 is 24.8 Å². The first-order valence-electron chi connectivity index (χ1n) is 20.1. The lowest BCUT2D eigenvalue weighted by atomic mass is 9.65. The molecule has 2 aromatic rings. The predicted molar refractivity (Wildman–Crippen MR) is 215 cm³/mol. The van der Waals surface area contributed by atoms with E-state index in [1.165, 1.54) is 11.1 Å². The third-order valence-corrected chi connectivity index (χ3v) is 15.3. The lowest BCUT2D eigenvalue weighted by molar-refractivity contribution is -0.129. The minimum absolute atomic E-state index is 0.126. The molecule has 10 nitrogen and oxygen atoms in total. The largest absolute Gasteiger partial charge is 0.490 e. The van der Waals surface area contributed by atoms with Gasteiger partial charge in [-0.15, -0.1) is 0 Å². The molecule has 2 bridgehead atoms. The van der Waals surface area contributed by atoms with Crippen molar-refractivity contribution in [2.24, 2.45) is 23.7 Å². The number of carbonyl (C=O) groups is 2. The van der Waals surface area contributed by atoms with Gasteiger partial charge in [-0.2, -0.15) is 0 Å². The number of sulfonamides is 1. The highest BCUT2D eigenvalue weighted by molar-refractivity contribution is 7.90. The number of allylic oxidation sites excluding steroid dienone is 1. The second-order valence-electron chi connectivity index (χ2n) is 16.7. The number of hydrogen-bond donors (Lipinski definition) is 2. The second-order valence-corrected chi connectivity index (χ2v) is 19.2. The molecule has 1 unspecified atom stereocenters. The number of anilines is 1. The summed E-state index contributed by atoms with van der Waals surface area (Å²) in [6, 6.07) is 11.7. The summed E-state index contributed by atoms with van der Waals surface area (Å²) >= 11 is 6.50. The molecule has 2 aromatic carbocycles. The van der Waals surface area contributed by atoms with E-state index in [9.17, 15) is 18.0 Å². The molecule has 294 valence electrons. The van der Waals surface area contributed by atoms with Crippen LogP contribution in [-0.4, -0.2) is 101 Å². The molecule has 1 saturated carbocycles. The second kappa shape index (κ2) is 16.5. The fourth-order valence-electron chi connectivity index (χ4n) is 9.59. The van der Waals surface area contributed by atoms with E-state index in [-0.39, 0.29) is 17.2 Å². The Hall–Kier alpha value is -3.12. The van der Waals surface area contributed by atoms with Gasteiger partial charge in [0.25, 0.3) is 5.91 Å². The lowest BCUT2D eigenvalue weighted by Gasteiger charge is -2.47. The van der Waals surface area contributed by atoms with E-state index >= 15 is 0 Å². The van der Waals surface area contributed by atoms with Gasteiger partial charge in [-0.3, -0.25) is 9.59 Å². The summed E-state index contributed by atoms with van der Waals surface area (Å²) in [5.41, 5.74) is 3.47. The fourth-order valence-corrected chi connectivity index (χ4v) is 11.1. The van der Waals surface area contributed by atoms with Gasteiger partial charge in [-0.05, 0) is 124 Å². The molecule has 6 atom stereocenters. The van der Waals surface area contributed by atoms with Crippen LogP contribution in [0.25, 0.3) is 0 Å². The van der Waals surface area contributed by atoms with Crippen molar-refractivity contribution in [3.05, 3.63) is 70.3 Å². The Kier molecular flexibility index (Phi) is 12.0. The summed E-state index contributed by atoms with van der Waals surface area (Å²) in [6.07, 6.45) is 11.4. The van der Waals surface area contributed by atoms with Crippen LogP contribution in [0.5, 0.6) is 5.75 Å². The van der Waals surface area contributed by atoms with E-state index in [2.05, 4.69) is 44.1 Å². The molecule has 0 radical (unpaired) electrons. The molecule has 7 rings (SSSR count). The number of ether oxygens (including phenoxy) is 1. The predicted octanol–water partition coefficient (Wildman–Crippen LogP) is 5.64. The van der Waals surface area contributed by atoms with E-state index in [1.54, 1.807) is 19.9 Å². The van der Waals surface area contributed by atoms with Gasteiger partial charge in [0.2, 0.25) is 15.9 Å². The summed E-state index contributed by atoms with van der Waals surface area (Å²) < 4.78 is 36.3. The monoisotopic (exact) mass is 779 g/mol. The van der Waals surface area contributed by atoms with Gasteiger partial charge in [-0.25, -0.2) is 13.1 Å². The minimum atomic E-state index is -3.94. The highest BCUT2D eigenvalue weighted by Crippen LogP contribution is 2.47. The quantitative estimate of drug-likeness (QED) is 0.377. The van der Waals surface area contributed by atoms with Gasteiger partial charge in [0, 0.05) is 75.3 Å². The van der Waals surface area contributed by atoms with Crippen LogP contribution in [0.1, 0.15) is 80.8 Å². The molecule has 12 heteroatoms. The van der Waals surface area contributed by atoms with E-state index in [0.717, 1.165) is 114 Å². The first kappa shape index (κ1) is 39.1. The maximum Gasteiger partial charge on any atom is 0.264 e. The molecule has 1 saturated heterocycles. The maximum absolute atomic E-state index is 13.6. The number of fused-ring (bicyclic) bond motifs is 4. The fraction of sp³-hybridized carbons (Fsp3) is 0.619. The van der Waals surface area contributed by atoms with Crippen LogP contribution >= 0.6 is 11.6 Å². The summed E-state index contributed by atoms with van der Waals surface area (Å²) in [6.45, 7) is 13.3. The maximum atomic E-state index is 13.6. The molecule has 3 aliphatic heterocycles. The van der Waals surface area contributed by atoms with Crippen LogP contribution in [0.4, 0.5) is 5.69 Å². The number of nitrogens with one attached hydrogen (secondary N) is 2. The minimum Gasteiger partial charge on any atom is -0.490 e. The molecule has 0 aromatic heterocycles. The van der Waals surface area contributed by atoms with Crippen molar-refractivity contribution in [1.82, 2.24) is 19.8 Å². The van der Waals surface area contributed by atoms with Gasteiger partial charge in [0.05, 0.1) is 17.5 Å². The Balaban J connectivity index is 1.23. The van der Waals surface area contributed by atoms with Crippen molar-refractivity contribution in [3.8, 4) is 5.75 Å². The molecule has 54 heavy (non-hydrogen) atoms. The van der Waals surface area contributed by atoms with Crippen LogP contribution in [0, 0.1) is 23.7 Å². The van der Waals surface area contributed by atoms with Gasteiger partial charge in [-0.1, -0.05) is 36.7 Å². The standard InChI is InChI=1S/C42H58ClN5O5S/c1-29-7-4-8-34(25-46-19-6-20-47(31(3)49)22-18-44-17-21-46)37-13-10-35(37)26-48-27-42(16-5-9-32-23-36(43)12-14-38(32)42)28-53-40-15-11-33(24-39(40)48)41(50)45-54(51,52)30(29)2/h4,8,11-12,14-15,23-24,29-30,34-35,37,44H,5-7,9-10,13,16-22,25-28H2,1-3H3,(H,45,50)/b8-4+/t29-,30+,34?,35-,37-,42-/m0/s1. The lowest BCUT2D eigenvalue weighted by Crippen LogP contribution is -2.50. The molecular weight excluding hydrogens is 722 g/mol. The average molecular weight is 780 g/mol. The Morgan fingerprint density at radius 2 is 1.87 bits per heavy atom. The summed E-state index contributed by atoms with van der Waals surface area (Å²) in [5, 5.41) is 3.54. The van der Waals surface area contributed by atoms with Gasteiger partial charge >= 0.3 is 0 Å². The third-order valence-electron chi connectivity index (χ3n) is 13.2. The van der Waals surface area contributed by atoms with Crippen LogP contribution in [-0.2, 0) is 26.7 Å². The molecule has 2 aliphatic carbocycles.